The number of methoxy groups -OCH3 is 1. The Bertz CT molecular complexity index is 671. The van der Waals surface area contributed by atoms with Crippen molar-refractivity contribution in [2.24, 2.45) is 10.8 Å². The van der Waals surface area contributed by atoms with Crippen LogP contribution in [0.2, 0.25) is 0 Å². The van der Waals surface area contributed by atoms with Crippen molar-refractivity contribution in [1.29, 1.82) is 0 Å². The molecule has 0 radical (unpaired) electrons. The Morgan fingerprint density at radius 1 is 1.24 bits per heavy atom. The maximum Gasteiger partial charge on any atom is 0.184 e. The van der Waals surface area contributed by atoms with Gasteiger partial charge in [0, 0.05) is 0 Å². The van der Waals surface area contributed by atoms with Crippen molar-refractivity contribution in [3.05, 3.63) is 53.8 Å². The van der Waals surface area contributed by atoms with Gasteiger partial charge in [0.15, 0.2) is 16.7 Å². The minimum atomic E-state index is -0.388. The van der Waals surface area contributed by atoms with Crippen LogP contribution in [0.25, 0.3) is 11.1 Å². The lowest BCUT2D eigenvalue weighted by Crippen LogP contribution is -2.23. The monoisotopic (exact) mass is 303 g/mol. The van der Waals surface area contributed by atoms with Gasteiger partial charge in [-0.25, -0.2) is 4.39 Å². The van der Waals surface area contributed by atoms with Crippen LogP contribution in [0.3, 0.4) is 0 Å². The molecule has 0 saturated carbocycles. The molecule has 0 aliphatic carbocycles. The summed E-state index contributed by atoms with van der Waals surface area (Å²) in [5, 5.41) is 3.97. The van der Waals surface area contributed by atoms with Crippen LogP contribution in [0.15, 0.2) is 47.6 Å². The van der Waals surface area contributed by atoms with Gasteiger partial charge in [-0.1, -0.05) is 30.3 Å². The van der Waals surface area contributed by atoms with Crippen LogP contribution in [0.4, 0.5) is 4.39 Å². The van der Waals surface area contributed by atoms with Crippen LogP contribution in [-0.4, -0.2) is 18.4 Å². The molecule has 2 aromatic carbocycles. The number of benzene rings is 2. The van der Waals surface area contributed by atoms with E-state index in [1.807, 2.05) is 24.3 Å². The summed E-state index contributed by atoms with van der Waals surface area (Å²) in [5.74, 6) is -0.160. The van der Waals surface area contributed by atoms with E-state index in [9.17, 15) is 4.39 Å². The Balaban J connectivity index is 2.17. The van der Waals surface area contributed by atoms with Crippen molar-refractivity contribution in [2.45, 2.75) is 0 Å². The second kappa shape index (κ2) is 6.81. The summed E-state index contributed by atoms with van der Waals surface area (Å²) in [4.78, 5) is 0. The fourth-order valence-corrected chi connectivity index (χ4v) is 1.83. The zero-order valence-corrected chi connectivity index (χ0v) is 12.2. The SMILES string of the molecule is COc1ccc(-c2ccc(C=NNC(N)=S)cc2)cc1F. The van der Waals surface area contributed by atoms with Crippen molar-refractivity contribution < 1.29 is 9.13 Å². The van der Waals surface area contributed by atoms with Crippen LogP contribution in [0.5, 0.6) is 5.75 Å². The summed E-state index contributed by atoms with van der Waals surface area (Å²) in [6.45, 7) is 0. The van der Waals surface area contributed by atoms with Crippen LogP contribution in [0, 0.1) is 5.82 Å². The van der Waals surface area contributed by atoms with E-state index in [1.54, 1.807) is 18.3 Å². The second-order valence-corrected chi connectivity index (χ2v) is 4.65. The van der Waals surface area contributed by atoms with Gasteiger partial charge in [0.1, 0.15) is 0 Å². The number of halogens is 1. The molecule has 0 bridgehead atoms. The predicted octanol–water partition coefficient (Wildman–Crippen LogP) is 2.67. The Labute approximate surface area is 127 Å². The summed E-state index contributed by atoms with van der Waals surface area (Å²) in [6.07, 6.45) is 1.59. The zero-order chi connectivity index (χ0) is 15.2. The average Bonchev–Trinajstić information content (AvgIpc) is 2.47. The molecular formula is C15H14FN3OS. The first-order valence-corrected chi connectivity index (χ1v) is 6.53. The fraction of sp³-hybridized carbons (Fsp3) is 0.0667. The maximum absolute atomic E-state index is 13.7. The summed E-state index contributed by atoms with van der Waals surface area (Å²) >= 11 is 4.64. The minimum absolute atomic E-state index is 0.108. The van der Waals surface area contributed by atoms with Gasteiger partial charge < -0.3 is 10.5 Å². The van der Waals surface area contributed by atoms with Gasteiger partial charge in [-0.15, -0.1) is 0 Å². The van der Waals surface area contributed by atoms with E-state index in [4.69, 9.17) is 10.5 Å². The molecule has 21 heavy (non-hydrogen) atoms. The third-order valence-corrected chi connectivity index (χ3v) is 2.88. The van der Waals surface area contributed by atoms with E-state index in [1.165, 1.54) is 13.2 Å². The molecule has 0 atom stereocenters. The molecule has 0 aromatic heterocycles. The number of nitrogens with zero attached hydrogens (tertiary/aromatic N) is 1. The number of ether oxygens (including phenoxy) is 1. The number of thiocarbonyl (C=S) groups is 1. The third kappa shape index (κ3) is 4.00. The van der Waals surface area contributed by atoms with Crippen molar-refractivity contribution in [3.63, 3.8) is 0 Å². The van der Waals surface area contributed by atoms with Gasteiger partial charge in [-0.2, -0.15) is 5.10 Å². The Kier molecular flexibility index (Phi) is 4.84. The molecule has 0 heterocycles. The minimum Gasteiger partial charge on any atom is -0.494 e. The van der Waals surface area contributed by atoms with Crippen molar-refractivity contribution in [1.82, 2.24) is 5.43 Å². The van der Waals surface area contributed by atoms with Crippen LogP contribution >= 0.6 is 12.2 Å². The quantitative estimate of drug-likeness (QED) is 0.518. The molecular weight excluding hydrogens is 289 g/mol. The number of rotatable bonds is 4. The van der Waals surface area contributed by atoms with Gasteiger partial charge in [0.25, 0.3) is 0 Å². The lowest BCUT2D eigenvalue weighted by molar-refractivity contribution is 0.386. The summed E-state index contributed by atoms with van der Waals surface area (Å²) in [6, 6.07) is 12.3. The molecule has 0 aliphatic rings. The molecule has 0 fully saturated rings. The number of hydrogen-bond acceptors (Lipinski definition) is 3. The number of hydrazone groups is 1. The topological polar surface area (TPSA) is 59.6 Å². The highest BCUT2D eigenvalue weighted by atomic mass is 32.1. The van der Waals surface area contributed by atoms with Crippen molar-refractivity contribution in [3.8, 4) is 16.9 Å². The molecule has 0 amide bonds. The maximum atomic E-state index is 13.7. The number of nitrogens with one attached hydrogen (secondary N) is 1. The van der Waals surface area contributed by atoms with Crippen LogP contribution in [-0.2, 0) is 0 Å². The summed E-state index contributed by atoms with van der Waals surface area (Å²) < 4.78 is 18.6. The van der Waals surface area contributed by atoms with E-state index < -0.39 is 0 Å². The molecule has 108 valence electrons. The average molecular weight is 303 g/mol. The van der Waals surface area contributed by atoms with E-state index >= 15 is 0 Å². The Hall–Kier alpha value is -2.47. The molecule has 2 aromatic rings. The van der Waals surface area contributed by atoms with Crippen LogP contribution < -0.4 is 15.9 Å². The Morgan fingerprint density at radius 3 is 2.48 bits per heavy atom. The third-order valence-electron chi connectivity index (χ3n) is 2.78. The van der Waals surface area contributed by atoms with Gasteiger partial charge in [0.2, 0.25) is 0 Å². The van der Waals surface area contributed by atoms with Gasteiger partial charge in [-0.3, -0.25) is 5.43 Å². The smallest absolute Gasteiger partial charge is 0.184 e. The normalized spacial score (nSPS) is 10.6. The first kappa shape index (κ1) is 14.9. The van der Waals surface area contributed by atoms with Gasteiger partial charge in [0.05, 0.1) is 13.3 Å². The summed E-state index contributed by atoms with van der Waals surface area (Å²) in [5.41, 5.74) is 10.3. The number of nitrogens with two attached hydrogens (primary N) is 1. The summed E-state index contributed by atoms with van der Waals surface area (Å²) in [7, 11) is 1.44. The highest BCUT2D eigenvalue weighted by Gasteiger charge is 2.05. The molecule has 0 aliphatic heterocycles. The molecule has 6 heteroatoms. The number of hydrogen-bond donors (Lipinski definition) is 2. The zero-order valence-electron chi connectivity index (χ0n) is 11.3. The fourth-order valence-electron chi connectivity index (χ4n) is 1.78. The molecule has 4 nitrogen and oxygen atoms in total. The van der Waals surface area contributed by atoms with E-state index in [0.29, 0.717) is 0 Å². The second-order valence-electron chi connectivity index (χ2n) is 4.21. The molecule has 3 N–H and O–H groups in total. The Morgan fingerprint density at radius 2 is 1.90 bits per heavy atom. The highest BCUT2D eigenvalue weighted by molar-refractivity contribution is 7.80. The first-order chi connectivity index (χ1) is 10.1. The van der Waals surface area contributed by atoms with Crippen molar-refractivity contribution in [2.75, 3.05) is 7.11 Å². The van der Waals surface area contributed by atoms with Crippen LogP contribution in [0.1, 0.15) is 5.56 Å². The largest absolute Gasteiger partial charge is 0.494 e. The molecule has 0 saturated heterocycles. The van der Waals surface area contributed by atoms with E-state index in [0.717, 1.165) is 16.7 Å². The molecule has 0 unspecified atom stereocenters. The lowest BCUT2D eigenvalue weighted by Gasteiger charge is -2.06. The van der Waals surface area contributed by atoms with Crippen molar-refractivity contribution >= 4 is 23.5 Å². The lowest BCUT2D eigenvalue weighted by atomic mass is 10.0. The first-order valence-electron chi connectivity index (χ1n) is 6.12. The molecule has 2 rings (SSSR count). The van der Waals surface area contributed by atoms with E-state index in [2.05, 4.69) is 22.7 Å². The van der Waals surface area contributed by atoms with Gasteiger partial charge >= 0.3 is 0 Å². The van der Waals surface area contributed by atoms with Gasteiger partial charge in [-0.05, 0) is 41.0 Å². The van der Waals surface area contributed by atoms with E-state index in [-0.39, 0.29) is 16.7 Å². The molecule has 0 spiro atoms. The standard InChI is InChI=1S/C15H14FN3OS/c1-20-14-7-6-12(8-13(14)16)11-4-2-10(3-5-11)9-18-19-15(17)21/h2-9H,1H3,(H3,17,19,21). The predicted molar refractivity (Wildman–Crippen MR) is 85.9 cm³/mol. The highest BCUT2D eigenvalue weighted by Crippen LogP contribution is 2.25.